The average Bonchev–Trinajstić information content (AvgIpc) is 2.60. The van der Waals surface area contributed by atoms with Crippen LogP contribution < -0.4 is 10.9 Å². The Morgan fingerprint density at radius 3 is 2.71 bits per heavy atom. The van der Waals surface area contributed by atoms with Gasteiger partial charge >= 0.3 is 5.63 Å². The molecule has 1 fully saturated rings. The highest BCUT2D eigenvalue weighted by Gasteiger charge is 2.23. The summed E-state index contributed by atoms with van der Waals surface area (Å²) >= 11 is 0. The van der Waals surface area contributed by atoms with E-state index >= 15 is 0 Å². The van der Waals surface area contributed by atoms with Gasteiger partial charge < -0.3 is 9.73 Å². The van der Waals surface area contributed by atoms with Crippen molar-refractivity contribution >= 4 is 33.6 Å². The van der Waals surface area contributed by atoms with E-state index in [0.29, 0.717) is 40.7 Å². The van der Waals surface area contributed by atoms with Crippen molar-refractivity contribution in [3.63, 3.8) is 0 Å². The van der Waals surface area contributed by atoms with Crippen LogP contribution in [0.15, 0.2) is 39.5 Å². The topological polar surface area (TPSA) is 75.4 Å². The van der Waals surface area contributed by atoms with Crippen LogP contribution in [0.5, 0.6) is 0 Å². The molecule has 3 aromatic rings. The maximum absolute atomic E-state index is 12.6. The van der Waals surface area contributed by atoms with Crippen LogP contribution in [0.25, 0.3) is 21.9 Å². The van der Waals surface area contributed by atoms with Crippen LogP contribution in [0.1, 0.15) is 25.8 Å². The van der Waals surface area contributed by atoms with Crippen molar-refractivity contribution in [1.29, 1.82) is 0 Å². The standard InChI is InChI=1S/C22H25N3O3/c1-13-8-14(2)11-25(10-13)12-19(26)23-18-9-15(3)20-21(24-18)16-6-4-5-7-17(16)28-22(20)27/h4-7,9,13-14H,8,10-12H2,1-3H3,(H,23,24,26)/t13-,14+. The zero-order valence-corrected chi connectivity index (χ0v) is 16.5. The number of likely N-dealkylation sites (tertiary alicyclic amines) is 1. The number of carbonyl (C=O) groups is 1. The van der Waals surface area contributed by atoms with E-state index in [1.165, 1.54) is 6.42 Å². The first-order valence-electron chi connectivity index (χ1n) is 9.76. The molecule has 0 aliphatic carbocycles. The van der Waals surface area contributed by atoms with Crippen molar-refractivity contribution in [2.75, 3.05) is 25.0 Å². The van der Waals surface area contributed by atoms with Crippen LogP contribution in [0.2, 0.25) is 0 Å². The lowest BCUT2D eigenvalue weighted by atomic mass is 9.92. The quantitative estimate of drug-likeness (QED) is 0.556. The van der Waals surface area contributed by atoms with Gasteiger partial charge in [0, 0.05) is 18.5 Å². The molecular weight excluding hydrogens is 354 g/mol. The van der Waals surface area contributed by atoms with Gasteiger partial charge in [-0.3, -0.25) is 9.69 Å². The number of aromatic nitrogens is 1. The molecule has 1 aliphatic heterocycles. The van der Waals surface area contributed by atoms with E-state index < -0.39 is 5.63 Å². The van der Waals surface area contributed by atoms with E-state index in [9.17, 15) is 9.59 Å². The number of carbonyl (C=O) groups excluding carboxylic acids is 1. The fraction of sp³-hybridized carbons (Fsp3) is 0.409. The average molecular weight is 379 g/mol. The minimum atomic E-state index is -0.409. The third-order valence-corrected chi connectivity index (χ3v) is 5.34. The molecule has 1 saturated heterocycles. The maximum Gasteiger partial charge on any atom is 0.346 e. The first-order chi connectivity index (χ1) is 13.4. The molecule has 1 aliphatic rings. The van der Waals surface area contributed by atoms with Crippen molar-refractivity contribution in [1.82, 2.24) is 9.88 Å². The number of aryl methyl sites for hydroxylation is 1. The van der Waals surface area contributed by atoms with Gasteiger partial charge in [-0.1, -0.05) is 26.0 Å². The van der Waals surface area contributed by atoms with E-state index in [0.717, 1.165) is 24.0 Å². The number of pyridine rings is 1. The second-order valence-electron chi connectivity index (χ2n) is 8.12. The largest absolute Gasteiger partial charge is 0.422 e. The molecule has 1 amide bonds. The van der Waals surface area contributed by atoms with Gasteiger partial charge in [0.15, 0.2) is 0 Å². The molecule has 146 valence electrons. The highest BCUT2D eigenvalue weighted by Crippen LogP contribution is 2.25. The molecule has 6 nitrogen and oxygen atoms in total. The SMILES string of the molecule is Cc1cc(NC(=O)CN2C[C@H](C)C[C@H](C)C2)nc2c1c(=O)oc1ccccc12. The van der Waals surface area contributed by atoms with E-state index in [-0.39, 0.29) is 5.91 Å². The second-order valence-corrected chi connectivity index (χ2v) is 8.12. The number of benzene rings is 1. The molecule has 6 heteroatoms. The van der Waals surface area contributed by atoms with Crippen LogP contribution >= 0.6 is 0 Å². The fourth-order valence-electron chi connectivity index (χ4n) is 4.40. The normalized spacial score (nSPS) is 20.5. The van der Waals surface area contributed by atoms with Gasteiger partial charge in [0.2, 0.25) is 5.91 Å². The Morgan fingerprint density at radius 2 is 1.96 bits per heavy atom. The number of piperidine rings is 1. The molecule has 0 bridgehead atoms. The first-order valence-corrected chi connectivity index (χ1v) is 9.76. The lowest BCUT2D eigenvalue weighted by Crippen LogP contribution is -2.42. The molecule has 0 saturated carbocycles. The summed E-state index contributed by atoms with van der Waals surface area (Å²) in [7, 11) is 0. The number of rotatable bonds is 3. The fourth-order valence-corrected chi connectivity index (χ4v) is 4.40. The predicted octanol–water partition coefficient (Wildman–Crippen LogP) is 3.57. The second kappa shape index (κ2) is 7.36. The van der Waals surface area contributed by atoms with Gasteiger partial charge in [-0.05, 0) is 48.9 Å². The summed E-state index contributed by atoms with van der Waals surface area (Å²) in [5.74, 6) is 1.58. The van der Waals surface area contributed by atoms with E-state index in [2.05, 4.69) is 29.0 Å². The van der Waals surface area contributed by atoms with Crippen molar-refractivity contribution in [2.24, 2.45) is 11.8 Å². The first kappa shape index (κ1) is 18.6. The third-order valence-electron chi connectivity index (χ3n) is 5.34. The Hall–Kier alpha value is -2.73. The van der Waals surface area contributed by atoms with E-state index in [1.54, 1.807) is 12.1 Å². The highest BCUT2D eigenvalue weighted by atomic mass is 16.4. The van der Waals surface area contributed by atoms with Crippen molar-refractivity contribution in [3.8, 4) is 0 Å². The Balaban J connectivity index is 1.63. The monoisotopic (exact) mass is 379 g/mol. The zero-order chi connectivity index (χ0) is 19.8. The third kappa shape index (κ3) is 3.64. The molecule has 3 heterocycles. The summed E-state index contributed by atoms with van der Waals surface area (Å²) in [6.45, 7) is 8.52. The molecule has 0 spiro atoms. The molecule has 1 aromatic carbocycles. The molecule has 0 unspecified atom stereocenters. The van der Waals surface area contributed by atoms with Crippen LogP contribution in [-0.2, 0) is 4.79 Å². The molecule has 28 heavy (non-hydrogen) atoms. The maximum atomic E-state index is 12.6. The molecule has 0 radical (unpaired) electrons. The number of nitrogens with one attached hydrogen (secondary N) is 1. The van der Waals surface area contributed by atoms with E-state index in [1.807, 2.05) is 25.1 Å². The smallest absolute Gasteiger partial charge is 0.346 e. The number of fused-ring (bicyclic) bond motifs is 3. The summed E-state index contributed by atoms with van der Waals surface area (Å²) < 4.78 is 5.41. The Kier molecular flexibility index (Phi) is 4.89. The van der Waals surface area contributed by atoms with Crippen LogP contribution in [0.3, 0.4) is 0 Å². The summed E-state index contributed by atoms with van der Waals surface area (Å²) in [6.07, 6.45) is 1.21. The van der Waals surface area contributed by atoms with Crippen LogP contribution in [0.4, 0.5) is 5.82 Å². The number of para-hydroxylation sites is 1. The highest BCUT2D eigenvalue weighted by molar-refractivity contribution is 6.04. The van der Waals surface area contributed by atoms with Crippen molar-refractivity contribution < 1.29 is 9.21 Å². The molecule has 2 atom stereocenters. The minimum Gasteiger partial charge on any atom is -0.422 e. The summed E-state index contributed by atoms with van der Waals surface area (Å²) in [5, 5.41) is 4.12. The number of anilines is 1. The van der Waals surface area contributed by atoms with Gasteiger partial charge in [-0.2, -0.15) is 0 Å². The molecule has 1 N–H and O–H groups in total. The Labute approximate surface area is 163 Å². The number of hydrogen-bond acceptors (Lipinski definition) is 5. The van der Waals surface area contributed by atoms with Gasteiger partial charge in [0.1, 0.15) is 11.4 Å². The lowest BCUT2D eigenvalue weighted by molar-refractivity contribution is -0.117. The number of nitrogens with zero attached hydrogens (tertiary/aromatic N) is 2. The van der Waals surface area contributed by atoms with Gasteiger partial charge in [-0.15, -0.1) is 0 Å². The van der Waals surface area contributed by atoms with Crippen LogP contribution in [-0.4, -0.2) is 35.4 Å². The van der Waals surface area contributed by atoms with Crippen molar-refractivity contribution in [2.45, 2.75) is 27.2 Å². The molecular formula is C22H25N3O3. The Morgan fingerprint density at radius 1 is 1.25 bits per heavy atom. The molecule has 4 rings (SSSR count). The number of amides is 1. The zero-order valence-electron chi connectivity index (χ0n) is 16.5. The van der Waals surface area contributed by atoms with E-state index in [4.69, 9.17) is 4.42 Å². The lowest BCUT2D eigenvalue weighted by Gasteiger charge is -2.34. The summed E-state index contributed by atoms with van der Waals surface area (Å²) in [6, 6.07) is 9.04. The van der Waals surface area contributed by atoms with Crippen LogP contribution in [0, 0.1) is 18.8 Å². The Bertz CT molecular complexity index is 1100. The van der Waals surface area contributed by atoms with Gasteiger partial charge in [0.05, 0.1) is 17.4 Å². The summed E-state index contributed by atoms with van der Waals surface area (Å²) in [4.78, 5) is 31.7. The summed E-state index contributed by atoms with van der Waals surface area (Å²) in [5.41, 5.74) is 1.38. The molecule has 2 aromatic heterocycles. The van der Waals surface area contributed by atoms with Gasteiger partial charge in [0.25, 0.3) is 0 Å². The van der Waals surface area contributed by atoms with Crippen molar-refractivity contribution in [3.05, 3.63) is 46.3 Å². The minimum absolute atomic E-state index is 0.0835. The number of hydrogen-bond donors (Lipinski definition) is 1. The predicted molar refractivity (Wildman–Crippen MR) is 111 cm³/mol. The van der Waals surface area contributed by atoms with Gasteiger partial charge in [-0.25, -0.2) is 9.78 Å².